The van der Waals surface area contributed by atoms with E-state index in [2.05, 4.69) is 15.9 Å². The smallest absolute Gasteiger partial charge is 0.224 e. The van der Waals surface area contributed by atoms with Gasteiger partial charge in [-0.05, 0) is 24.6 Å². The molecule has 6 heteroatoms. The van der Waals surface area contributed by atoms with E-state index in [1.165, 1.54) is 4.90 Å². The summed E-state index contributed by atoms with van der Waals surface area (Å²) in [6, 6.07) is 11.2. The molecule has 1 aromatic rings. The van der Waals surface area contributed by atoms with Crippen molar-refractivity contribution in [2.75, 3.05) is 19.7 Å². The summed E-state index contributed by atoms with van der Waals surface area (Å²) in [5.74, 6) is 0.531. The molecule has 0 fully saturated rings. The summed E-state index contributed by atoms with van der Waals surface area (Å²) < 4.78 is 6.44. The van der Waals surface area contributed by atoms with E-state index in [-0.39, 0.29) is 25.4 Å². The van der Waals surface area contributed by atoms with Crippen LogP contribution in [0.5, 0.6) is 5.75 Å². The van der Waals surface area contributed by atoms with Gasteiger partial charge in [-0.3, -0.25) is 4.79 Å². The third kappa shape index (κ3) is 5.73. The highest BCUT2D eigenvalue weighted by Gasteiger charge is 2.12. The molecule has 0 N–H and O–H groups in total. The highest BCUT2D eigenvalue weighted by atomic mass is 79.9. The molecule has 1 rings (SSSR count). The Labute approximate surface area is 126 Å². The molecule has 0 heterocycles. The number of hydrogen-bond donors (Lipinski definition) is 0. The zero-order valence-corrected chi connectivity index (χ0v) is 12.5. The standard InChI is InChI=1S/C14H14BrN3O2/c15-12-3-1-4-13(11-12)20-10-2-5-14(19)18(8-6-16)9-7-17/h1,3-4,11H,2,5,8-10H2. The van der Waals surface area contributed by atoms with Crippen molar-refractivity contribution in [3.05, 3.63) is 28.7 Å². The molecule has 5 nitrogen and oxygen atoms in total. The summed E-state index contributed by atoms with van der Waals surface area (Å²) in [6.45, 7) is 0.299. The van der Waals surface area contributed by atoms with Crippen molar-refractivity contribution in [1.29, 1.82) is 10.5 Å². The molecule has 0 spiro atoms. The molecule has 0 saturated carbocycles. The Balaban J connectivity index is 2.31. The normalized spacial score (nSPS) is 9.35. The van der Waals surface area contributed by atoms with Crippen molar-refractivity contribution >= 4 is 21.8 Å². The monoisotopic (exact) mass is 335 g/mol. The average molecular weight is 336 g/mol. The molecule has 0 saturated heterocycles. The topological polar surface area (TPSA) is 77.1 Å². The quantitative estimate of drug-likeness (QED) is 0.566. The van der Waals surface area contributed by atoms with Gasteiger partial charge in [0.05, 0.1) is 18.7 Å². The van der Waals surface area contributed by atoms with Gasteiger partial charge >= 0.3 is 0 Å². The maximum atomic E-state index is 11.7. The molecule has 0 aliphatic heterocycles. The average Bonchev–Trinajstić information content (AvgIpc) is 2.43. The zero-order chi connectivity index (χ0) is 14.8. The van der Waals surface area contributed by atoms with E-state index in [1.807, 2.05) is 36.4 Å². The minimum absolute atomic E-state index is 0.0567. The summed E-state index contributed by atoms with van der Waals surface area (Å²) in [4.78, 5) is 13.0. The van der Waals surface area contributed by atoms with Gasteiger partial charge < -0.3 is 9.64 Å². The maximum absolute atomic E-state index is 11.7. The SMILES string of the molecule is N#CCN(CC#N)C(=O)CCCOc1cccc(Br)c1. The van der Waals surface area contributed by atoms with Crippen LogP contribution >= 0.6 is 15.9 Å². The highest BCUT2D eigenvalue weighted by molar-refractivity contribution is 9.10. The molecule has 0 radical (unpaired) electrons. The number of nitriles is 2. The van der Waals surface area contributed by atoms with Crippen molar-refractivity contribution < 1.29 is 9.53 Å². The van der Waals surface area contributed by atoms with Gasteiger partial charge in [0, 0.05) is 10.9 Å². The first-order valence-electron chi connectivity index (χ1n) is 6.07. The Morgan fingerprint density at radius 2 is 2.00 bits per heavy atom. The van der Waals surface area contributed by atoms with Gasteiger partial charge in [0.15, 0.2) is 0 Å². The van der Waals surface area contributed by atoms with Crippen molar-refractivity contribution in [3.8, 4) is 17.9 Å². The van der Waals surface area contributed by atoms with Gasteiger partial charge in [0.25, 0.3) is 0 Å². The van der Waals surface area contributed by atoms with Gasteiger partial charge in [0.2, 0.25) is 5.91 Å². The van der Waals surface area contributed by atoms with E-state index in [4.69, 9.17) is 15.3 Å². The molecule has 0 aromatic heterocycles. The zero-order valence-electron chi connectivity index (χ0n) is 10.9. The molecule has 0 bridgehead atoms. The lowest BCUT2D eigenvalue weighted by Gasteiger charge is -2.15. The fraction of sp³-hybridized carbons (Fsp3) is 0.357. The second-order valence-electron chi connectivity index (χ2n) is 3.98. The number of nitrogens with zero attached hydrogens (tertiary/aromatic N) is 3. The molecule has 1 aromatic carbocycles. The van der Waals surface area contributed by atoms with Crippen LogP contribution in [0.2, 0.25) is 0 Å². The van der Waals surface area contributed by atoms with Crippen molar-refractivity contribution in [1.82, 2.24) is 4.90 Å². The van der Waals surface area contributed by atoms with Crippen molar-refractivity contribution in [2.45, 2.75) is 12.8 Å². The van der Waals surface area contributed by atoms with Gasteiger partial charge in [-0.1, -0.05) is 22.0 Å². The van der Waals surface area contributed by atoms with Crippen LogP contribution in [0, 0.1) is 22.7 Å². The highest BCUT2D eigenvalue weighted by Crippen LogP contribution is 2.17. The lowest BCUT2D eigenvalue weighted by Crippen LogP contribution is -2.31. The predicted octanol–water partition coefficient (Wildman–Crippen LogP) is 2.48. The number of ether oxygens (including phenoxy) is 1. The summed E-state index contributed by atoms with van der Waals surface area (Å²) in [5.41, 5.74) is 0. The second-order valence-corrected chi connectivity index (χ2v) is 4.89. The van der Waals surface area contributed by atoms with Crippen LogP contribution in [0.1, 0.15) is 12.8 Å². The van der Waals surface area contributed by atoms with Crippen molar-refractivity contribution in [3.63, 3.8) is 0 Å². The first kappa shape index (κ1) is 16.0. The predicted molar refractivity (Wildman–Crippen MR) is 76.7 cm³/mol. The molecule has 0 aliphatic carbocycles. The molecular formula is C14H14BrN3O2. The maximum Gasteiger partial charge on any atom is 0.224 e. The van der Waals surface area contributed by atoms with Crippen LogP contribution in [0.25, 0.3) is 0 Å². The fourth-order valence-electron chi connectivity index (χ4n) is 1.53. The first-order valence-corrected chi connectivity index (χ1v) is 6.86. The summed E-state index contributed by atoms with van der Waals surface area (Å²) in [7, 11) is 0. The van der Waals surface area contributed by atoms with E-state index in [9.17, 15) is 4.79 Å². The van der Waals surface area contributed by atoms with Crippen LogP contribution in [0.4, 0.5) is 0 Å². The minimum atomic E-state index is -0.203. The van der Waals surface area contributed by atoms with E-state index < -0.39 is 0 Å². The Hall–Kier alpha value is -2.05. The van der Waals surface area contributed by atoms with Crippen LogP contribution in [-0.4, -0.2) is 30.5 Å². The molecule has 0 aliphatic rings. The third-order valence-corrected chi connectivity index (χ3v) is 2.97. The van der Waals surface area contributed by atoms with Gasteiger partial charge in [-0.25, -0.2) is 0 Å². The lowest BCUT2D eigenvalue weighted by molar-refractivity contribution is -0.130. The Bertz CT molecular complexity index is 518. The van der Waals surface area contributed by atoms with E-state index in [0.717, 1.165) is 10.2 Å². The number of amides is 1. The number of halogens is 1. The molecular weight excluding hydrogens is 322 g/mol. The molecule has 20 heavy (non-hydrogen) atoms. The fourth-order valence-corrected chi connectivity index (χ4v) is 1.91. The minimum Gasteiger partial charge on any atom is -0.494 e. The van der Waals surface area contributed by atoms with Crippen LogP contribution in [0.15, 0.2) is 28.7 Å². The van der Waals surface area contributed by atoms with E-state index >= 15 is 0 Å². The first-order chi connectivity index (χ1) is 9.67. The van der Waals surface area contributed by atoms with E-state index in [0.29, 0.717) is 13.0 Å². The van der Waals surface area contributed by atoms with Crippen LogP contribution in [0.3, 0.4) is 0 Å². The largest absolute Gasteiger partial charge is 0.494 e. The number of hydrogen-bond acceptors (Lipinski definition) is 4. The molecule has 104 valence electrons. The Morgan fingerprint density at radius 3 is 2.60 bits per heavy atom. The van der Waals surface area contributed by atoms with Gasteiger partial charge in [-0.15, -0.1) is 0 Å². The number of carbonyl (C=O) groups is 1. The van der Waals surface area contributed by atoms with Crippen molar-refractivity contribution in [2.24, 2.45) is 0 Å². The summed E-state index contributed by atoms with van der Waals surface area (Å²) in [5, 5.41) is 17.2. The molecule has 0 atom stereocenters. The molecule has 1 amide bonds. The summed E-state index contributed by atoms with van der Waals surface area (Å²) >= 11 is 3.35. The van der Waals surface area contributed by atoms with E-state index in [1.54, 1.807) is 0 Å². The molecule has 0 unspecified atom stereocenters. The Kier molecular flexibility index (Phi) is 7.16. The van der Waals surface area contributed by atoms with Gasteiger partial charge in [-0.2, -0.15) is 10.5 Å². The Morgan fingerprint density at radius 1 is 1.30 bits per heavy atom. The summed E-state index contributed by atoms with van der Waals surface area (Å²) in [6.07, 6.45) is 0.802. The van der Waals surface area contributed by atoms with Crippen LogP contribution in [-0.2, 0) is 4.79 Å². The van der Waals surface area contributed by atoms with Crippen LogP contribution < -0.4 is 4.74 Å². The third-order valence-electron chi connectivity index (χ3n) is 2.48. The number of rotatable bonds is 7. The van der Waals surface area contributed by atoms with Gasteiger partial charge in [0.1, 0.15) is 18.8 Å². The lowest BCUT2D eigenvalue weighted by atomic mass is 10.3. The second kappa shape index (κ2) is 8.95. The number of carbonyl (C=O) groups excluding carboxylic acids is 1. The number of benzene rings is 1.